The predicted octanol–water partition coefficient (Wildman–Crippen LogP) is 0.306. The van der Waals surface area contributed by atoms with Crippen molar-refractivity contribution in [1.82, 2.24) is 9.44 Å². The van der Waals surface area contributed by atoms with E-state index in [2.05, 4.69) is 9.44 Å². The lowest BCUT2D eigenvalue weighted by atomic mass is 10.1. The Hall–Kier alpha value is -0.950. The van der Waals surface area contributed by atoms with Crippen LogP contribution >= 0.6 is 0 Å². The average molecular weight is 256 g/mol. The van der Waals surface area contributed by atoms with Crippen molar-refractivity contribution in [2.75, 3.05) is 6.61 Å². The maximum absolute atomic E-state index is 11.7. The molecule has 3 N–H and O–H groups in total. The molecule has 0 saturated heterocycles. The third kappa shape index (κ3) is 3.78. The van der Waals surface area contributed by atoms with E-state index in [0.717, 1.165) is 18.4 Å². The van der Waals surface area contributed by atoms with Gasteiger partial charge in [0, 0.05) is 6.04 Å². The van der Waals surface area contributed by atoms with Crippen molar-refractivity contribution in [1.29, 1.82) is 0 Å². The molecule has 0 spiro atoms. The van der Waals surface area contributed by atoms with E-state index in [0.29, 0.717) is 0 Å². The molecule has 1 atom stereocenters. The second kappa shape index (κ2) is 5.14. The first-order chi connectivity index (χ1) is 8.11. The highest BCUT2D eigenvalue weighted by molar-refractivity contribution is 7.87. The van der Waals surface area contributed by atoms with E-state index in [1.165, 1.54) is 0 Å². The number of nitrogens with one attached hydrogen (secondary N) is 2. The first-order valence-corrected chi connectivity index (χ1v) is 7.04. The maximum atomic E-state index is 11.7. The minimum atomic E-state index is -3.54. The Morgan fingerprint density at radius 2 is 1.94 bits per heavy atom. The van der Waals surface area contributed by atoms with Gasteiger partial charge in [0.1, 0.15) is 0 Å². The highest BCUT2D eigenvalue weighted by atomic mass is 32.2. The van der Waals surface area contributed by atoms with E-state index >= 15 is 0 Å². The fourth-order valence-electron chi connectivity index (χ4n) is 1.54. The maximum Gasteiger partial charge on any atom is 0.277 e. The average Bonchev–Trinajstić information content (AvgIpc) is 3.10. The topological polar surface area (TPSA) is 78.4 Å². The van der Waals surface area contributed by atoms with Crippen LogP contribution in [0.3, 0.4) is 0 Å². The summed E-state index contributed by atoms with van der Waals surface area (Å²) < 4.78 is 28.3. The van der Waals surface area contributed by atoms with Crippen LogP contribution in [0.5, 0.6) is 0 Å². The van der Waals surface area contributed by atoms with Gasteiger partial charge in [-0.05, 0) is 18.4 Å². The van der Waals surface area contributed by atoms with Crippen LogP contribution < -0.4 is 9.44 Å². The lowest BCUT2D eigenvalue weighted by molar-refractivity contribution is 0.258. The Labute approximate surface area is 101 Å². The third-order valence-corrected chi connectivity index (χ3v) is 3.82. The van der Waals surface area contributed by atoms with Gasteiger partial charge in [-0.2, -0.15) is 17.9 Å². The fourth-order valence-corrected chi connectivity index (χ4v) is 2.87. The first-order valence-electron chi connectivity index (χ1n) is 5.56. The molecular weight excluding hydrogens is 240 g/mol. The van der Waals surface area contributed by atoms with Gasteiger partial charge < -0.3 is 5.11 Å². The minimum Gasteiger partial charge on any atom is -0.394 e. The number of hydrogen-bond acceptors (Lipinski definition) is 3. The number of aliphatic hydroxyl groups is 1. The van der Waals surface area contributed by atoms with Crippen molar-refractivity contribution in [3.63, 3.8) is 0 Å². The van der Waals surface area contributed by atoms with Crippen LogP contribution in [0.1, 0.15) is 24.4 Å². The first kappa shape index (κ1) is 12.5. The predicted molar refractivity (Wildman–Crippen MR) is 64.5 cm³/mol. The van der Waals surface area contributed by atoms with Crippen LogP contribution in [-0.4, -0.2) is 26.2 Å². The number of hydrogen-bond donors (Lipinski definition) is 3. The Kier molecular flexibility index (Phi) is 3.78. The fraction of sp³-hybridized carbons (Fsp3) is 0.455. The summed E-state index contributed by atoms with van der Waals surface area (Å²) in [6.45, 7) is -0.268. The van der Waals surface area contributed by atoms with E-state index in [-0.39, 0.29) is 12.6 Å². The zero-order chi connectivity index (χ0) is 12.3. The van der Waals surface area contributed by atoms with Crippen molar-refractivity contribution in [3.8, 4) is 0 Å². The van der Waals surface area contributed by atoms with Crippen molar-refractivity contribution in [2.45, 2.75) is 24.9 Å². The smallest absolute Gasteiger partial charge is 0.277 e. The van der Waals surface area contributed by atoms with Gasteiger partial charge in [-0.15, -0.1) is 0 Å². The quantitative estimate of drug-likeness (QED) is 0.685. The molecule has 1 aliphatic carbocycles. The summed E-state index contributed by atoms with van der Waals surface area (Å²) in [5, 5.41) is 9.24. The molecule has 1 aliphatic rings. The van der Waals surface area contributed by atoms with Crippen molar-refractivity contribution >= 4 is 10.2 Å². The number of aliphatic hydroxyl groups excluding tert-OH is 1. The Balaban J connectivity index is 2.04. The van der Waals surface area contributed by atoms with Gasteiger partial charge in [-0.3, -0.25) is 0 Å². The third-order valence-electron chi connectivity index (χ3n) is 2.58. The number of benzene rings is 1. The molecule has 6 heteroatoms. The Morgan fingerprint density at radius 3 is 2.47 bits per heavy atom. The molecule has 1 fully saturated rings. The van der Waals surface area contributed by atoms with Gasteiger partial charge in [0.05, 0.1) is 12.6 Å². The summed E-state index contributed by atoms with van der Waals surface area (Å²) in [4.78, 5) is 0. The van der Waals surface area contributed by atoms with E-state index in [1.807, 2.05) is 6.07 Å². The molecule has 0 aliphatic heterocycles. The molecule has 17 heavy (non-hydrogen) atoms. The molecule has 0 heterocycles. The van der Waals surface area contributed by atoms with E-state index in [4.69, 9.17) is 0 Å². The highest BCUT2D eigenvalue weighted by Gasteiger charge is 2.28. The van der Waals surface area contributed by atoms with Crippen LogP contribution in [0.4, 0.5) is 0 Å². The summed E-state index contributed by atoms with van der Waals surface area (Å²) in [6.07, 6.45) is 1.77. The van der Waals surface area contributed by atoms with Gasteiger partial charge in [-0.1, -0.05) is 30.3 Å². The van der Waals surface area contributed by atoms with Gasteiger partial charge in [0.25, 0.3) is 10.2 Å². The van der Waals surface area contributed by atoms with E-state index in [1.54, 1.807) is 24.3 Å². The van der Waals surface area contributed by atoms with Crippen LogP contribution in [-0.2, 0) is 10.2 Å². The molecule has 94 valence electrons. The zero-order valence-corrected chi connectivity index (χ0v) is 10.2. The molecule has 1 aromatic carbocycles. The zero-order valence-electron chi connectivity index (χ0n) is 9.33. The van der Waals surface area contributed by atoms with Gasteiger partial charge >= 0.3 is 0 Å². The van der Waals surface area contributed by atoms with Gasteiger partial charge in [0.2, 0.25) is 0 Å². The molecule has 0 aromatic heterocycles. The molecule has 2 rings (SSSR count). The van der Waals surface area contributed by atoms with Crippen LogP contribution in [0.25, 0.3) is 0 Å². The summed E-state index contributed by atoms with van der Waals surface area (Å²) >= 11 is 0. The monoisotopic (exact) mass is 256 g/mol. The number of rotatable bonds is 6. The molecule has 5 nitrogen and oxygen atoms in total. The van der Waals surface area contributed by atoms with Crippen molar-refractivity contribution in [3.05, 3.63) is 35.9 Å². The molecule has 0 radical (unpaired) electrons. The largest absolute Gasteiger partial charge is 0.394 e. The lowest BCUT2D eigenvalue weighted by Gasteiger charge is -2.17. The Morgan fingerprint density at radius 1 is 1.29 bits per heavy atom. The van der Waals surface area contributed by atoms with E-state index in [9.17, 15) is 13.5 Å². The lowest BCUT2D eigenvalue weighted by Crippen LogP contribution is -2.40. The summed E-state index contributed by atoms with van der Waals surface area (Å²) in [6, 6.07) is 8.46. The summed E-state index contributed by atoms with van der Waals surface area (Å²) in [7, 11) is -3.54. The van der Waals surface area contributed by atoms with Crippen molar-refractivity contribution < 1.29 is 13.5 Å². The van der Waals surface area contributed by atoms with Crippen LogP contribution in [0, 0.1) is 0 Å². The second-order valence-corrected chi connectivity index (χ2v) is 5.64. The van der Waals surface area contributed by atoms with Crippen LogP contribution in [0.15, 0.2) is 30.3 Å². The standard InChI is InChI=1S/C11H16N2O3S/c14-8-11(9-4-2-1-3-5-9)13-17(15,16)12-10-6-7-10/h1-5,10-14H,6-8H2/t11-/m1/s1. The minimum absolute atomic E-state index is 0.0580. The molecule has 0 amide bonds. The van der Waals surface area contributed by atoms with Crippen molar-refractivity contribution in [2.24, 2.45) is 0 Å². The molecular formula is C11H16N2O3S. The van der Waals surface area contributed by atoms with Crippen LogP contribution in [0.2, 0.25) is 0 Å². The van der Waals surface area contributed by atoms with E-state index < -0.39 is 16.3 Å². The van der Waals surface area contributed by atoms with Gasteiger partial charge in [0.15, 0.2) is 0 Å². The normalized spacial score (nSPS) is 17.9. The molecule has 1 aromatic rings. The molecule has 0 bridgehead atoms. The summed E-state index contributed by atoms with van der Waals surface area (Å²) in [5.41, 5.74) is 0.746. The Bertz CT molecular complexity index is 457. The highest BCUT2D eigenvalue weighted by Crippen LogP contribution is 2.20. The SMILES string of the molecule is O=S(=O)(NC1CC1)N[C@H](CO)c1ccccc1. The second-order valence-electron chi connectivity index (χ2n) is 4.16. The summed E-state index contributed by atoms with van der Waals surface area (Å²) in [5.74, 6) is 0. The van der Waals surface area contributed by atoms with Gasteiger partial charge in [-0.25, -0.2) is 0 Å². The molecule has 1 saturated carbocycles. The molecule has 0 unspecified atom stereocenters.